The maximum atomic E-state index is 13.0. The molecule has 2 aliphatic heterocycles. The number of aromatic nitrogens is 3. The molecule has 10 heteroatoms. The molecule has 7 rings (SSSR count). The van der Waals surface area contributed by atoms with Gasteiger partial charge in [-0.1, -0.05) is 12.1 Å². The minimum absolute atomic E-state index is 0.200. The third kappa shape index (κ3) is 3.67. The van der Waals surface area contributed by atoms with Crippen LogP contribution in [0.15, 0.2) is 35.5 Å². The number of rotatable bonds is 5. The summed E-state index contributed by atoms with van der Waals surface area (Å²) in [5.41, 5.74) is 1.02. The van der Waals surface area contributed by atoms with Crippen LogP contribution in [-0.4, -0.2) is 72.3 Å². The molecule has 0 bridgehead atoms. The van der Waals surface area contributed by atoms with Crippen LogP contribution in [0.25, 0.3) is 0 Å². The van der Waals surface area contributed by atoms with Gasteiger partial charge in [-0.05, 0) is 68.6 Å². The second-order valence-corrected chi connectivity index (χ2v) is 14.8. The molecule has 5 fully saturated rings. The van der Waals surface area contributed by atoms with Gasteiger partial charge >= 0.3 is 6.03 Å². The van der Waals surface area contributed by atoms with Gasteiger partial charge in [-0.2, -0.15) is 5.10 Å². The van der Waals surface area contributed by atoms with E-state index in [0.29, 0.717) is 28.1 Å². The van der Waals surface area contributed by atoms with E-state index in [9.17, 15) is 14.1 Å². The lowest BCUT2D eigenvalue weighted by Crippen LogP contribution is -2.71. The quantitative estimate of drug-likeness (QED) is 0.642. The number of nitrogens with one attached hydrogen (secondary N) is 1. The van der Waals surface area contributed by atoms with Crippen LogP contribution >= 0.6 is 0 Å². The fourth-order valence-electron chi connectivity index (χ4n) is 7.17. The molecule has 192 valence electrons. The highest BCUT2D eigenvalue weighted by molar-refractivity contribution is 7.91. The Morgan fingerprint density at radius 3 is 2.19 bits per heavy atom. The Bertz CT molecular complexity index is 1300. The molecule has 2 amide bonds. The number of benzene rings is 1. The minimum Gasteiger partial charge on any atom is -0.382 e. The van der Waals surface area contributed by atoms with E-state index in [2.05, 4.69) is 10.1 Å². The van der Waals surface area contributed by atoms with Gasteiger partial charge in [0.25, 0.3) is 0 Å². The second kappa shape index (κ2) is 7.31. The molecule has 36 heavy (non-hydrogen) atoms. The maximum absolute atomic E-state index is 13.0. The van der Waals surface area contributed by atoms with Gasteiger partial charge in [-0.25, -0.2) is 23.4 Å². The van der Waals surface area contributed by atoms with Crippen molar-refractivity contribution in [3.8, 4) is 0 Å². The predicted octanol–water partition coefficient (Wildman–Crippen LogP) is 3.01. The van der Waals surface area contributed by atoms with Gasteiger partial charge < -0.3 is 14.9 Å². The molecule has 3 heterocycles. The maximum Gasteiger partial charge on any atom is 0.320 e. The number of nitrogens with zero attached hydrogens (tertiary/aromatic N) is 5. The molecule has 2 aromatic rings. The van der Waals surface area contributed by atoms with Crippen molar-refractivity contribution in [3.05, 3.63) is 42.0 Å². The summed E-state index contributed by atoms with van der Waals surface area (Å²) < 4.78 is 21.5. The highest BCUT2D eigenvalue weighted by Gasteiger charge is 2.58. The van der Waals surface area contributed by atoms with E-state index in [1.807, 2.05) is 38.7 Å². The Morgan fingerprint density at radius 1 is 1.06 bits per heavy atom. The van der Waals surface area contributed by atoms with Crippen LogP contribution in [0.4, 0.5) is 4.79 Å². The summed E-state index contributed by atoms with van der Waals surface area (Å²) >= 11 is 0. The summed E-state index contributed by atoms with van der Waals surface area (Å²) in [7, 11) is -2.65. The number of hydrogen-bond acceptors (Lipinski definition) is 6. The van der Waals surface area contributed by atoms with Crippen molar-refractivity contribution in [3.63, 3.8) is 0 Å². The molecule has 2 N–H and O–H groups in total. The Morgan fingerprint density at radius 2 is 1.64 bits per heavy atom. The third-order valence-corrected chi connectivity index (χ3v) is 10.5. The van der Waals surface area contributed by atoms with Gasteiger partial charge in [0.05, 0.1) is 15.8 Å². The Labute approximate surface area is 211 Å². The monoisotopic (exact) mass is 510 g/mol. The normalized spacial score (nSPS) is 27.1. The second-order valence-electron chi connectivity index (χ2n) is 12.6. The number of amides is 2. The smallest absolute Gasteiger partial charge is 0.320 e. The first kappa shape index (κ1) is 22.7. The minimum atomic E-state index is -2.65. The van der Waals surface area contributed by atoms with Gasteiger partial charge in [-0.15, -0.1) is 0 Å². The van der Waals surface area contributed by atoms with Crippen molar-refractivity contribution in [2.75, 3.05) is 32.4 Å². The first-order chi connectivity index (χ1) is 17.0. The molecular formula is C26H34N6O3S. The van der Waals surface area contributed by atoms with Crippen molar-refractivity contribution in [2.24, 2.45) is 16.7 Å². The van der Waals surface area contributed by atoms with Gasteiger partial charge in [0.1, 0.15) is 11.9 Å². The van der Waals surface area contributed by atoms with E-state index in [1.54, 1.807) is 6.33 Å². The Balaban J connectivity index is 0.844. The van der Waals surface area contributed by atoms with E-state index >= 15 is 0 Å². The standard InChI is InChI=1S/C26H34N6O3S/c1-36(27,35)21-4-2-18(3-5-21)8-19-9-24(10-19)13-30(14-24)23(33)31-15-25(16-31)11-20(12-25)32-17-28-22(29-32)26(34)6-7-26/h2-5,17,19-20,27,34H,6-16H2,1H3. The molecule has 1 unspecified atom stereocenters. The van der Waals surface area contributed by atoms with Gasteiger partial charge in [0, 0.05) is 48.2 Å². The van der Waals surface area contributed by atoms with Gasteiger partial charge in [0.15, 0.2) is 5.82 Å². The van der Waals surface area contributed by atoms with Crippen molar-refractivity contribution < 1.29 is 14.1 Å². The first-order valence-electron chi connectivity index (χ1n) is 13.0. The van der Waals surface area contributed by atoms with Crippen molar-refractivity contribution in [1.82, 2.24) is 24.6 Å². The molecule has 9 nitrogen and oxygen atoms in total. The Hall–Kier alpha value is -2.46. The largest absolute Gasteiger partial charge is 0.382 e. The van der Waals surface area contributed by atoms with Crippen LogP contribution in [0.2, 0.25) is 0 Å². The number of likely N-dealkylation sites (tertiary alicyclic amines) is 2. The zero-order chi connectivity index (χ0) is 24.9. The van der Waals surface area contributed by atoms with Gasteiger partial charge in [0.2, 0.25) is 0 Å². The first-order valence-corrected chi connectivity index (χ1v) is 15.0. The summed E-state index contributed by atoms with van der Waals surface area (Å²) in [6.45, 7) is 3.46. The summed E-state index contributed by atoms with van der Waals surface area (Å²) in [6, 6.07) is 8.21. The summed E-state index contributed by atoms with van der Waals surface area (Å²) in [5, 5.41) is 14.7. The van der Waals surface area contributed by atoms with Crippen LogP contribution in [0.5, 0.6) is 0 Å². The van der Waals surface area contributed by atoms with Crippen LogP contribution in [0.1, 0.15) is 56.0 Å². The number of carbonyl (C=O) groups excluding carboxylic acids is 1. The molecule has 5 aliphatic rings. The number of hydrogen-bond donors (Lipinski definition) is 2. The molecule has 3 saturated carbocycles. The number of aliphatic hydroxyl groups is 1. The van der Waals surface area contributed by atoms with E-state index < -0.39 is 15.3 Å². The molecular weight excluding hydrogens is 476 g/mol. The van der Waals surface area contributed by atoms with Gasteiger partial charge in [-0.3, -0.25) is 0 Å². The van der Waals surface area contributed by atoms with E-state index in [0.717, 1.165) is 58.3 Å². The molecule has 2 saturated heterocycles. The molecule has 2 spiro atoms. The predicted molar refractivity (Wildman–Crippen MR) is 133 cm³/mol. The molecule has 0 radical (unpaired) electrons. The third-order valence-electron chi connectivity index (χ3n) is 9.35. The zero-order valence-electron chi connectivity index (χ0n) is 20.7. The molecule has 1 atom stereocenters. The van der Waals surface area contributed by atoms with Crippen LogP contribution in [-0.2, 0) is 21.8 Å². The molecule has 1 aromatic heterocycles. The average Bonchev–Trinajstić information content (AvgIpc) is 3.27. The highest BCUT2D eigenvalue weighted by Crippen LogP contribution is 2.56. The zero-order valence-corrected chi connectivity index (χ0v) is 21.5. The summed E-state index contributed by atoms with van der Waals surface area (Å²) in [4.78, 5) is 21.9. The molecule has 3 aliphatic carbocycles. The fraction of sp³-hybridized carbons (Fsp3) is 0.654. The topological polar surface area (TPSA) is 115 Å². The van der Waals surface area contributed by atoms with Crippen LogP contribution in [0.3, 0.4) is 0 Å². The molecule has 1 aromatic carbocycles. The lowest BCUT2D eigenvalue weighted by molar-refractivity contribution is -0.107. The van der Waals surface area contributed by atoms with E-state index in [1.165, 1.54) is 24.7 Å². The number of carbonyl (C=O) groups is 1. The Kier molecular flexibility index (Phi) is 4.61. The summed E-state index contributed by atoms with van der Waals surface area (Å²) in [5.74, 6) is 1.21. The van der Waals surface area contributed by atoms with Crippen LogP contribution in [0, 0.1) is 21.5 Å². The average molecular weight is 511 g/mol. The van der Waals surface area contributed by atoms with Crippen molar-refractivity contribution in [2.45, 2.75) is 61.5 Å². The fourth-order valence-corrected chi connectivity index (χ4v) is 7.83. The van der Waals surface area contributed by atoms with Crippen molar-refractivity contribution in [1.29, 1.82) is 4.78 Å². The van der Waals surface area contributed by atoms with Crippen molar-refractivity contribution >= 4 is 15.8 Å². The lowest BCUT2D eigenvalue weighted by atomic mass is 9.56. The number of urea groups is 1. The highest BCUT2D eigenvalue weighted by atomic mass is 32.2. The summed E-state index contributed by atoms with van der Waals surface area (Å²) in [6.07, 6.45) is 10.1. The van der Waals surface area contributed by atoms with E-state index in [-0.39, 0.29) is 11.4 Å². The lowest BCUT2D eigenvalue weighted by Gasteiger charge is -2.63. The SMILES string of the molecule is CS(=N)(=O)c1ccc(CC2CC3(C2)CN(C(=O)N2CC4(CC(n5cnc(C6(O)CC6)n5)C4)C2)C3)cc1. The van der Waals surface area contributed by atoms with E-state index in [4.69, 9.17) is 4.78 Å². The van der Waals surface area contributed by atoms with Crippen LogP contribution < -0.4 is 0 Å².